The van der Waals surface area contributed by atoms with Gasteiger partial charge in [-0.3, -0.25) is 24.1 Å². The lowest BCUT2D eigenvalue weighted by atomic mass is 9.85. The van der Waals surface area contributed by atoms with Gasteiger partial charge in [-0.2, -0.15) is 4.98 Å². The third-order valence-electron chi connectivity index (χ3n) is 15.3. The highest BCUT2D eigenvalue weighted by Gasteiger charge is 2.44. The Kier molecular flexibility index (Phi) is 21.4. The van der Waals surface area contributed by atoms with Crippen LogP contribution in [0.2, 0.25) is 5.02 Å². The molecule has 2 aromatic heterocycles. The Bertz CT molecular complexity index is 3150. The quantitative estimate of drug-likeness (QED) is 0.0391. The topological polar surface area (TPSA) is 250 Å². The van der Waals surface area contributed by atoms with E-state index in [2.05, 4.69) is 46.0 Å². The van der Waals surface area contributed by atoms with Crippen LogP contribution in [-0.2, 0) is 45.0 Å². The first-order valence-corrected chi connectivity index (χ1v) is 31.0. The van der Waals surface area contributed by atoms with Crippen LogP contribution < -0.4 is 30.9 Å². The number of carbonyl (C=O) groups excluding carboxylic acids is 4. The second kappa shape index (κ2) is 28.4. The Morgan fingerprint density at radius 3 is 2.23 bits per heavy atom. The zero-order chi connectivity index (χ0) is 59.4. The van der Waals surface area contributed by atoms with Crippen LogP contribution in [-0.4, -0.2) is 176 Å². The maximum absolute atomic E-state index is 14.0. The average Bonchev–Trinajstić information content (AvgIpc) is 4.29. The Labute approximate surface area is 495 Å². The van der Waals surface area contributed by atoms with Gasteiger partial charge >= 0.3 is 0 Å². The highest BCUT2D eigenvalue weighted by molar-refractivity contribution is 7.92. The van der Waals surface area contributed by atoms with Gasteiger partial charge in [-0.15, -0.1) is 11.3 Å². The monoisotopic (exact) mass is 1200 g/mol. The highest BCUT2D eigenvalue weighted by Crippen LogP contribution is 2.36. The van der Waals surface area contributed by atoms with Crippen molar-refractivity contribution in [1.29, 1.82) is 0 Å². The maximum atomic E-state index is 14.0. The van der Waals surface area contributed by atoms with Crippen molar-refractivity contribution in [2.24, 2.45) is 5.41 Å². The number of rotatable bonds is 24. The Hall–Kier alpha value is -6.47. The minimum atomic E-state index is -3.59. The molecule has 3 aromatic carbocycles. The molecule has 0 saturated carbocycles. The number of aromatic nitrogens is 3. The van der Waals surface area contributed by atoms with Crippen molar-refractivity contribution in [2.45, 2.75) is 115 Å². The molecule has 4 amide bonds. The molecule has 0 radical (unpaired) electrons. The SMILES string of the molecule is COc1cc(N2CCC(N3CCN(C(=O)CCOCCOCCC(=O)N[C@H](C(=O)N4C[C@H](O)C[C@H]4C(=O)NCc4ccc(-c5scnc5C)cc4)C(C)(C)C)CC3)CC2)ccc1Nc1ncc(Cl)c(Nc2ccccc2S(=O)(=O)C(C)C)n1. The van der Waals surface area contributed by atoms with Crippen molar-refractivity contribution in [1.82, 2.24) is 40.3 Å². The van der Waals surface area contributed by atoms with E-state index in [-0.39, 0.29) is 98.2 Å². The number of piperidine rings is 1. The van der Waals surface area contributed by atoms with Crippen molar-refractivity contribution in [3.05, 3.63) is 94.7 Å². The van der Waals surface area contributed by atoms with E-state index in [4.69, 9.17) is 25.8 Å². The molecule has 448 valence electrons. The molecule has 8 rings (SSSR count). The van der Waals surface area contributed by atoms with Crippen LogP contribution in [0.4, 0.5) is 28.8 Å². The molecular weight excluding hydrogens is 1120 g/mol. The predicted molar refractivity (Wildman–Crippen MR) is 321 cm³/mol. The normalized spacial score (nSPS) is 17.6. The summed E-state index contributed by atoms with van der Waals surface area (Å²) in [5, 5.41) is 22.3. The second-order valence-corrected chi connectivity index (χ2v) is 26.2. The molecule has 83 heavy (non-hydrogen) atoms. The van der Waals surface area contributed by atoms with Crippen molar-refractivity contribution in [3.63, 3.8) is 0 Å². The number of hydrogen-bond acceptors (Lipinski definition) is 18. The number of anilines is 5. The van der Waals surface area contributed by atoms with Gasteiger partial charge in [0, 0.05) is 83.0 Å². The van der Waals surface area contributed by atoms with Crippen LogP contribution in [0.1, 0.15) is 78.0 Å². The average molecular weight is 1200 g/mol. The van der Waals surface area contributed by atoms with Gasteiger partial charge in [0.2, 0.25) is 29.6 Å². The fraction of sp³-hybridized carbons (Fsp3) is 0.508. The minimum absolute atomic E-state index is 0.00105. The number of aliphatic hydroxyl groups excluding tert-OH is 1. The van der Waals surface area contributed by atoms with E-state index in [1.54, 1.807) is 56.6 Å². The smallest absolute Gasteiger partial charge is 0.246 e. The van der Waals surface area contributed by atoms with Gasteiger partial charge in [0.1, 0.15) is 22.9 Å². The third-order valence-corrected chi connectivity index (χ3v) is 18.7. The van der Waals surface area contributed by atoms with Crippen LogP contribution in [0.3, 0.4) is 0 Å². The zero-order valence-corrected chi connectivity index (χ0v) is 50.7. The van der Waals surface area contributed by atoms with E-state index in [0.717, 1.165) is 66.4 Å². The van der Waals surface area contributed by atoms with Crippen molar-refractivity contribution >= 4 is 85.2 Å². The van der Waals surface area contributed by atoms with E-state index in [1.807, 2.05) is 80.6 Å². The Balaban J connectivity index is 0.698. The van der Waals surface area contributed by atoms with Crippen molar-refractivity contribution in [3.8, 4) is 16.2 Å². The first kappa shape index (κ1) is 62.6. The van der Waals surface area contributed by atoms with E-state index < -0.39 is 44.6 Å². The molecule has 3 saturated heterocycles. The first-order chi connectivity index (χ1) is 39.7. The van der Waals surface area contributed by atoms with E-state index in [9.17, 15) is 32.7 Å². The Morgan fingerprint density at radius 1 is 0.867 bits per heavy atom. The molecule has 0 bridgehead atoms. The van der Waals surface area contributed by atoms with E-state index in [1.165, 1.54) is 11.1 Å². The van der Waals surface area contributed by atoms with Gasteiger partial charge in [0.05, 0.1) is 89.9 Å². The maximum Gasteiger partial charge on any atom is 0.246 e. The number of halogens is 1. The molecule has 3 atom stereocenters. The molecular formula is C59H78ClN11O10S2. The van der Waals surface area contributed by atoms with E-state index >= 15 is 0 Å². The first-order valence-electron chi connectivity index (χ1n) is 28.2. The minimum Gasteiger partial charge on any atom is -0.494 e. The van der Waals surface area contributed by atoms with Gasteiger partial charge in [0.15, 0.2) is 15.7 Å². The van der Waals surface area contributed by atoms with Crippen LogP contribution in [0, 0.1) is 12.3 Å². The van der Waals surface area contributed by atoms with Gasteiger partial charge in [0.25, 0.3) is 0 Å². The number of aliphatic hydroxyl groups is 1. The number of nitrogens with one attached hydrogen (secondary N) is 4. The number of para-hydroxylation sites is 1. The molecule has 21 nitrogen and oxygen atoms in total. The summed E-state index contributed by atoms with van der Waals surface area (Å²) in [6.07, 6.45) is 2.87. The lowest BCUT2D eigenvalue weighted by Gasteiger charge is -2.43. The molecule has 5 aromatic rings. The number of benzene rings is 3. The molecule has 5 N–H and O–H groups in total. The van der Waals surface area contributed by atoms with Crippen LogP contribution >= 0.6 is 22.9 Å². The molecule has 3 fully saturated rings. The Morgan fingerprint density at radius 2 is 1.57 bits per heavy atom. The van der Waals surface area contributed by atoms with Crippen LogP contribution in [0.15, 0.2) is 83.3 Å². The highest BCUT2D eigenvalue weighted by atomic mass is 35.5. The summed E-state index contributed by atoms with van der Waals surface area (Å²) in [7, 11) is -1.98. The number of piperazine rings is 1. The van der Waals surface area contributed by atoms with E-state index in [0.29, 0.717) is 36.3 Å². The number of carbonyl (C=O) groups is 4. The lowest BCUT2D eigenvalue weighted by molar-refractivity contribution is -0.144. The van der Waals surface area contributed by atoms with Crippen molar-refractivity contribution < 1.29 is 46.9 Å². The van der Waals surface area contributed by atoms with Gasteiger partial charge < -0.3 is 55.3 Å². The number of hydrogen-bond donors (Lipinski definition) is 5. The summed E-state index contributed by atoms with van der Waals surface area (Å²) in [4.78, 5) is 76.4. The summed E-state index contributed by atoms with van der Waals surface area (Å²) in [5.41, 5.74) is 6.03. The van der Waals surface area contributed by atoms with Crippen LogP contribution in [0.25, 0.3) is 10.4 Å². The molecule has 0 aliphatic carbocycles. The third kappa shape index (κ3) is 16.2. The lowest BCUT2D eigenvalue weighted by Crippen LogP contribution is -2.57. The summed E-state index contributed by atoms with van der Waals surface area (Å²) in [5.74, 6) is -0.0577. The van der Waals surface area contributed by atoms with Gasteiger partial charge in [-0.1, -0.05) is 68.8 Å². The molecule has 3 aliphatic rings. The predicted octanol–water partition coefficient (Wildman–Crippen LogP) is 6.98. The number of likely N-dealkylation sites (tertiary alicyclic amines) is 1. The fourth-order valence-electron chi connectivity index (χ4n) is 10.5. The number of methoxy groups -OCH3 is 1. The van der Waals surface area contributed by atoms with Gasteiger partial charge in [-0.05, 0) is 74.4 Å². The number of sulfone groups is 1. The molecule has 24 heteroatoms. The van der Waals surface area contributed by atoms with Crippen molar-refractivity contribution in [2.75, 3.05) is 94.9 Å². The number of ether oxygens (including phenoxy) is 3. The summed E-state index contributed by atoms with van der Waals surface area (Å²) in [6.45, 7) is 16.4. The summed E-state index contributed by atoms with van der Waals surface area (Å²) in [6, 6.07) is 19.0. The number of thiazole rings is 1. The molecule has 0 spiro atoms. The molecule has 3 aliphatic heterocycles. The number of amides is 4. The zero-order valence-electron chi connectivity index (χ0n) is 48.4. The standard InChI is InChI=1S/C59H78ClN11O10S2/c1-38(2)83(77,78)50-11-9-8-10-47(50)64-55-45(60)35-62-58(67-55)65-46-17-16-43(32-49(46)79-7)68-22-18-42(19-23-68)69-24-26-70(27-25-69)52(74)21-29-81-31-30-80-28-20-51(73)66-54(59(4,5)6)57(76)71-36-44(72)33-48(71)56(75)61-34-40-12-14-41(15-13-40)53-39(3)63-37-82-53/h8-17,32,35,37-38,42,44,48,54,72H,18-31,33-34,36H2,1-7H3,(H,61,75)(H,66,73)(H2,62,64,65,67)/t44-,48+,54-/m1/s1. The summed E-state index contributed by atoms with van der Waals surface area (Å²) < 4.78 is 43.3. The summed E-state index contributed by atoms with van der Waals surface area (Å²) >= 11 is 8.05. The fourth-order valence-corrected chi connectivity index (χ4v) is 12.6. The second-order valence-electron chi connectivity index (χ2n) is 22.4. The van der Waals surface area contributed by atoms with Crippen LogP contribution in [0.5, 0.6) is 5.75 Å². The largest absolute Gasteiger partial charge is 0.494 e. The van der Waals surface area contributed by atoms with Gasteiger partial charge in [-0.25, -0.2) is 18.4 Å². The molecule has 0 unspecified atom stereocenters. The number of aryl methyl sites for hydroxylation is 1. The molecule has 5 heterocycles. The number of nitrogens with zero attached hydrogens (tertiary/aromatic N) is 7. The number of β-amino-alcohol motifs (C(OH)–C–C–N with tert-alkyl or cyclic N) is 1.